The number of esters is 1. The van der Waals surface area contributed by atoms with E-state index in [1.807, 2.05) is 0 Å². The number of carbonyl (C=O) groups is 1. The van der Waals surface area contributed by atoms with Crippen LogP contribution in [0.2, 0.25) is 0 Å². The molecule has 1 aromatic carbocycles. The second kappa shape index (κ2) is 5.11. The molecule has 2 rings (SSSR count). The summed E-state index contributed by atoms with van der Waals surface area (Å²) in [4.78, 5) is 13.1. The molecule has 0 bridgehead atoms. The smallest absolute Gasteiger partial charge is 0.418 e. The third kappa shape index (κ3) is 2.67. The lowest BCUT2D eigenvalue weighted by Gasteiger charge is -2.27. The van der Waals surface area contributed by atoms with E-state index < -0.39 is 23.8 Å². The number of carbonyl (C=O) groups excluding carboxylic acids is 1. The van der Waals surface area contributed by atoms with E-state index in [-0.39, 0.29) is 5.69 Å². The number of nitrogens with zero attached hydrogens (tertiary/aromatic N) is 1. The summed E-state index contributed by atoms with van der Waals surface area (Å²) >= 11 is 0. The quantitative estimate of drug-likeness (QED) is 0.776. The van der Waals surface area contributed by atoms with E-state index in [9.17, 15) is 18.0 Å². The SMILES string of the molecule is COC(=O)C1CCCN1c1ccccc1C(F)(F)F. The molecule has 0 spiro atoms. The zero-order chi connectivity index (χ0) is 14.0. The monoisotopic (exact) mass is 273 g/mol. The molecule has 0 N–H and O–H groups in total. The van der Waals surface area contributed by atoms with Gasteiger partial charge in [-0.3, -0.25) is 0 Å². The maximum Gasteiger partial charge on any atom is 0.418 e. The highest BCUT2D eigenvalue weighted by Crippen LogP contribution is 2.38. The van der Waals surface area contributed by atoms with E-state index in [4.69, 9.17) is 0 Å². The fraction of sp³-hybridized carbons (Fsp3) is 0.462. The standard InChI is InChI=1S/C13H14F3NO2/c1-19-12(18)11-7-4-8-17(11)10-6-3-2-5-9(10)13(14,15)16/h2-3,5-6,11H,4,7-8H2,1H3. The number of hydrogen-bond acceptors (Lipinski definition) is 3. The molecule has 6 heteroatoms. The highest BCUT2D eigenvalue weighted by molar-refractivity contribution is 5.81. The molecule has 1 aliphatic heterocycles. The lowest BCUT2D eigenvalue weighted by atomic mass is 10.1. The first kappa shape index (κ1) is 13.7. The van der Waals surface area contributed by atoms with Crippen molar-refractivity contribution < 1.29 is 22.7 Å². The van der Waals surface area contributed by atoms with Crippen LogP contribution in [0.3, 0.4) is 0 Å². The summed E-state index contributed by atoms with van der Waals surface area (Å²) < 4.78 is 43.6. The predicted molar refractivity (Wildman–Crippen MR) is 63.8 cm³/mol. The highest BCUT2D eigenvalue weighted by Gasteiger charge is 2.39. The minimum atomic E-state index is -4.43. The Morgan fingerprint density at radius 2 is 2.05 bits per heavy atom. The average Bonchev–Trinajstić information content (AvgIpc) is 2.86. The number of alkyl halides is 3. The van der Waals surface area contributed by atoms with Crippen molar-refractivity contribution in [2.75, 3.05) is 18.6 Å². The number of rotatable bonds is 2. The Bertz CT molecular complexity index is 473. The highest BCUT2D eigenvalue weighted by atomic mass is 19.4. The number of benzene rings is 1. The van der Waals surface area contributed by atoms with Gasteiger partial charge in [-0.25, -0.2) is 4.79 Å². The Kier molecular flexibility index (Phi) is 3.68. The topological polar surface area (TPSA) is 29.5 Å². The number of para-hydroxylation sites is 1. The van der Waals surface area contributed by atoms with Crippen molar-refractivity contribution in [3.8, 4) is 0 Å². The van der Waals surface area contributed by atoms with Crippen molar-refractivity contribution in [2.45, 2.75) is 25.1 Å². The summed E-state index contributed by atoms with van der Waals surface area (Å²) in [6, 6.07) is 4.67. The van der Waals surface area contributed by atoms with Gasteiger partial charge in [0.25, 0.3) is 0 Å². The summed E-state index contributed by atoms with van der Waals surface area (Å²) in [7, 11) is 1.24. The fourth-order valence-electron chi connectivity index (χ4n) is 2.40. The molecule has 0 radical (unpaired) electrons. The minimum absolute atomic E-state index is 0.0444. The van der Waals surface area contributed by atoms with Gasteiger partial charge in [0.1, 0.15) is 6.04 Å². The van der Waals surface area contributed by atoms with Crippen LogP contribution in [0.5, 0.6) is 0 Å². The Hall–Kier alpha value is -1.72. The van der Waals surface area contributed by atoms with Crippen molar-refractivity contribution in [2.24, 2.45) is 0 Å². The first-order chi connectivity index (χ1) is 8.95. The zero-order valence-electron chi connectivity index (χ0n) is 10.4. The molecule has 3 nitrogen and oxygen atoms in total. The second-order valence-corrected chi connectivity index (χ2v) is 4.39. The van der Waals surface area contributed by atoms with E-state index in [2.05, 4.69) is 4.74 Å². The number of ether oxygens (including phenoxy) is 1. The Balaban J connectivity index is 2.39. The van der Waals surface area contributed by atoms with E-state index in [0.717, 1.165) is 6.07 Å². The van der Waals surface area contributed by atoms with E-state index in [1.54, 1.807) is 0 Å². The molecular formula is C13H14F3NO2. The van der Waals surface area contributed by atoms with Gasteiger partial charge < -0.3 is 9.64 Å². The predicted octanol–water partition coefficient (Wildman–Crippen LogP) is 2.85. The zero-order valence-corrected chi connectivity index (χ0v) is 10.4. The maximum atomic E-state index is 13.0. The Morgan fingerprint density at radius 3 is 2.68 bits per heavy atom. The molecule has 0 aliphatic carbocycles. The van der Waals surface area contributed by atoms with Gasteiger partial charge in [0, 0.05) is 12.2 Å². The summed E-state index contributed by atoms with van der Waals surface area (Å²) in [6.07, 6.45) is -3.25. The third-order valence-corrected chi connectivity index (χ3v) is 3.24. The van der Waals surface area contributed by atoms with Crippen LogP contribution in [0.15, 0.2) is 24.3 Å². The Labute approximate surface area is 109 Å². The van der Waals surface area contributed by atoms with Crippen molar-refractivity contribution in [1.82, 2.24) is 0 Å². The first-order valence-corrected chi connectivity index (χ1v) is 5.96. The molecule has 1 atom stereocenters. The molecule has 1 fully saturated rings. The van der Waals surface area contributed by atoms with Gasteiger partial charge in [0.05, 0.1) is 12.7 Å². The summed E-state index contributed by atoms with van der Waals surface area (Å²) in [5.41, 5.74) is -0.672. The number of hydrogen-bond donors (Lipinski definition) is 0. The third-order valence-electron chi connectivity index (χ3n) is 3.24. The Morgan fingerprint density at radius 1 is 1.37 bits per heavy atom. The minimum Gasteiger partial charge on any atom is -0.467 e. The van der Waals surface area contributed by atoms with Crippen LogP contribution in [-0.2, 0) is 15.7 Å². The molecule has 1 saturated heterocycles. The van der Waals surface area contributed by atoms with Gasteiger partial charge in [-0.2, -0.15) is 13.2 Å². The van der Waals surface area contributed by atoms with Crippen LogP contribution in [0.25, 0.3) is 0 Å². The van der Waals surface area contributed by atoms with Gasteiger partial charge in [-0.15, -0.1) is 0 Å². The number of methoxy groups -OCH3 is 1. The van der Waals surface area contributed by atoms with Crippen LogP contribution in [0, 0.1) is 0 Å². The fourth-order valence-corrected chi connectivity index (χ4v) is 2.40. The van der Waals surface area contributed by atoms with Crippen LogP contribution in [-0.4, -0.2) is 25.7 Å². The molecular weight excluding hydrogens is 259 g/mol. The van der Waals surface area contributed by atoms with Crippen molar-refractivity contribution in [3.63, 3.8) is 0 Å². The molecule has 1 aromatic rings. The second-order valence-electron chi connectivity index (χ2n) is 4.39. The summed E-state index contributed by atoms with van der Waals surface area (Å²) in [5, 5.41) is 0. The van der Waals surface area contributed by atoms with Crippen LogP contribution < -0.4 is 4.90 Å². The van der Waals surface area contributed by atoms with Crippen LogP contribution in [0.1, 0.15) is 18.4 Å². The van der Waals surface area contributed by atoms with Crippen LogP contribution in [0.4, 0.5) is 18.9 Å². The molecule has 0 saturated carbocycles. The molecule has 1 unspecified atom stereocenters. The van der Waals surface area contributed by atoms with Crippen molar-refractivity contribution in [3.05, 3.63) is 29.8 Å². The lowest BCUT2D eigenvalue weighted by Crippen LogP contribution is -2.37. The molecule has 1 aliphatic rings. The maximum absolute atomic E-state index is 13.0. The van der Waals surface area contributed by atoms with E-state index in [1.165, 1.54) is 30.2 Å². The first-order valence-electron chi connectivity index (χ1n) is 5.96. The van der Waals surface area contributed by atoms with Gasteiger partial charge in [-0.1, -0.05) is 12.1 Å². The van der Waals surface area contributed by atoms with Gasteiger partial charge >= 0.3 is 12.1 Å². The van der Waals surface area contributed by atoms with Gasteiger partial charge in [0.2, 0.25) is 0 Å². The van der Waals surface area contributed by atoms with E-state index in [0.29, 0.717) is 19.4 Å². The van der Waals surface area contributed by atoms with Crippen molar-refractivity contribution >= 4 is 11.7 Å². The average molecular weight is 273 g/mol. The lowest BCUT2D eigenvalue weighted by molar-refractivity contribution is -0.142. The largest absolute Gasteiger partial charge is 0.467 e. The summed E-state index contributed by atoms with van der Waals surface area (Å²) in [6.45, 7) is 0.423. The van der Waals surface area contributed by atoms with E-state index >= 15 is 0 Å². The molecule has 0 amide bonds. The van der Waals surface area contributed by atoms with Gasteiger partial charge in [-0.05, 0) is 25.0 Å². The normalized spacial score (nSPS) is 19.6. The van der Waals surface area contributed by atoms with Crippen LogP contribution >= 0.6 is 0 Å². The number of halogens is 3. The summed E-state index contributed by atoms with van der Waals surface area (Å²) in [5.74, 6) is -0.491. The van der Waals surface area contributed by atoms with Crippen molar-refractivity contribution in [1.29, 1.82) is 0 Å². The van der Waals surface area contributed by atoms with Gasteiger partial charge in [0.15, 0.2) is 0 Å². The molecule has 104 valence electrons. The molecule has 19 heavy (non-hydrogen) atoms. The number of anilines is 1. The molecule has 0 aromatic heterocycles. The molecule has 1 heterocycles.